The van der Waals surface area contributed by atoms with Gasteiger partial charge in [0.1, 0.15) is 0 Å². The molecule has 2 heterocycles. The van der Waals surface area contributed by atoms with Gasteiger partial charge in [0, 0.05) is 18.5 Å². The molecule has 0 bridgehead atoms. The molecule has 0 spiro atoms. The van der Waals surface area contributed by atoms with Crippen LogP contribution in [0.25, 0.3) is 0 Å². The SMILES string of the molecule is O=C(OCCc1ccccc1)C1NCc2ccsc2N1. The number of thiophene rings is 1. The minimum Gasteiger partial charge on any atom is -0.463 e. The Morgan fingerprint density at radius 2 is 2.15 bits per heavy atom. The fourth-order valence-electron chi connectivity index (χ4n) is 2.14. The molecule has 0 radical (unpaired) electrons. The molecule has 1 atom stereocenters. The zero-order valence-electron chi connectivity index (χ0n) is 11.0. The number of anilines is 1. The number of benzene rings is 1. The van der Waals surface area contributed by atoms with Crippen molar-refractivity contribution in [2.75, 3.05) is 11.9 Å². The van der Waals surface area contributed by atoms with E-state index in [1.807, 2.05) is 35.7 Å². The number of rotatable bonds is 4. The van der Waals surface area contributed by atoms with Gasteiger partial charge < -0.3 is 10.1 Å². The number of fused-ring (bicyclic) bond motifs is 1. The van der Waals surface area contributed by atoms with Crippen LogP contribution in [0.5, 0.6) is 0 Å². The van der Waals surface area contributed by atoms with Crippen LogP contribution in [0.15, 0.2) is 41.8 Å². The van der Waals surface area contributed by atoms with Gasteiger partial charge >= 0.3 is 5.97 Å². The van der Waals surface area contributed by atoms with Crippen LogP contribution in [0.3, 0.4) is 0 Å². The van der Waals surface area contributed by atoms with E-state index in [1.165, 1.54) is 11.1 Å². The van der Waals surface area contributed by atoms with Crippen molar-refractivity contribution in [2.45, 2.75) is 19.1 Å². The maximum Gasteiger partial charge on any atom is 0.343 e. The standard InChI is InChI=1S/C15H16N2O2S/c18-15(19-8-6-11-4-2-1-3-5-11)13-16-10-12-7-9-20-14(12)17-13/h1-5,7,9,13,16-17H,6,8,10H2. The molecule has 20 heavy (non-hydrogen) atoms. The molecule has 1 unspecified atom stereocenters. The zero-order chi connectivity index (χ0) is 13.8. The highest BCUT2D eigenvalue weighted by Crippen LogP contribution is 2.26. The smallest absolute Gasteiger partial charge is 0.343 e. The summed E-state index contributed by atoms with van der Waals surface area (Å²) in [5.74, 6) is -0.250. The monoisotopic (exact) mass is 288 g/mol. The lowest BCUT2D eigenvalue weighted by Crippen LogP contribution is -2.46. The minimum absolute atomic E-state index is 0.250. The Balaban J connectivity index is 1.48. The van der Waals surface area contributed by atoms with E-state index in [0.717, 1.165) is 11.4 Å². The van der Waals surface area contributed by atoms with Crippen molar-refractivity contribution in [1.82, 2.24) is 5.32 Å². The van der Waals surface area contributed by atoms with Crippen molar-refractivity contribution in [3.05, 3.63) is 52.9 Å². The maximum atomic E-state index is 12.0. The molecule has 0 aliphatic carbocycles. The van der Waals surface area contributed by atoms with Gasteiger partial charge in [0.05, 0.1) is 11.6 Å². The number of hydrogen-bond acceptors (Lipinski definition) is 5. The maximum absolute atomic E-state index is 12.0. The van der Waals surface area contributed by atoms with Gasteiger partial charge in [-0.1, -0.05) is 30.3 Å². The summed E-state index contributed by atoms with van der Waals surface area (Å²) in [5.41, 5.74) is 2.37. The number of carbonyl (C=O) groups excluding carboxylic acids is 1. The van der Waals surface area contributed by atoms with Crippen molar-refractivity contribution >= 4 is 22.3 Å². The van der Waals surface area contributed by atoms with Crippen LogP contribution < -0.4 is 10.6 Å². The molecule has 4 nitrogen and oxygen atoms in total. The van der Waals surface area contributed by atoms with Gasteiger partial charge in [-0.25, -0.2) is 4.79 Å². The molecule has 2 aromatic rings. The molecule has 1 aromatic heterocycles. The Kier molecular flexibility index (Phi) is 3.99. The van der Waals surface area contributed by atoms with Gasteiger partial charge in [0.15, 0.2) is 6.17 Å². The normalized spacial score (nSPS) is 17.1. The van der Waals surface area contributed by atoms with Crippen LogP contribution in [0.1, 0.15) is 11.1 Å². The quantitative estimate of drug-likeness (QED) is 0.848. The molecule has 5 heteroatoms. The summed E-state index contributed by atoms with van der Waals surface area (Å²) in [6.45, 7) is 1.10. The first-order valence-electron chi connectivity index (χ1n) is 6.60. The topological polar surface area (TPSA) is 50.4 Å². The molecule has 0 saturated carbocycles. The van der Waals surface area contributed by atoms with Crippen molar-refractivity contribution in [3.8, 4) is 0 Å². The average Bonchev–Trinajstić information content (AvgIpc) is 2.95. The van der Waals surface area contributed by atoms with E-state index in [1.54, 1.807) is 11.3 Å². The number of hydrogen-bond donors (Lipinski definition) is 2. The van der Waals surface area contributed by atoms with E-state index in [-0.39, 0.29) is 5.97 Å². The molecule has 0 saturated heterocycles. The number of nitrogens with one attached hydrogen (secondary N) is 2. The second-order valence-electron chi connectivity index (χ2n) is 4.64. The summed E-state index contributed by atoms with van der Waals surface area (Å²) < 4.78 is 5.32. The Morgan fingerprint density at radius 3 is 3.00 bits per heavy atom. The largest absolute Gasteiger partial charge is 0.463 e. The number of ether oxygens (including phenoxy) is 1. The number of esters is 1. The molecule has 3 rings (SSSR count). The third kappa shape index (κ3) is 3.00. The fourth-order valence-corrected chi connectivity index (χ4v) is 2.98. The first-order valence-corrected chi connectivity index (χ1v) is 7.48. The summed E-state index contributed by atoms with van der Waals surface area (Å²) in [4.78, 5) is 12.0. The minimum atomic E-state index is -0.447. The fraction of sp³-hybridized carbons (Fsp3) is 0.267. The lowest BCUT2D eigenvalue weighted by molar-refractivity contribution is -0.145. The van der Waals surface area contributed by atoms with Gasteiger partial charge in [-0.2, -0.15) is 0 Å². The highest BCUT2D eigenvalue weighted by Gasteiger charge is 2.25. The third-order valence-corrected chi connectivity index (χ3v) is 4.12. The lowest BCUT2D eigenvalue weighted by atomic mass is 10.2. The predicted octanol–water partition coefficient (Wildman–Crippen LogP) is 2.38. The van der Waals surface area contributed by atoms with Crippen LogP contribution in [0.4, 0.5) is 5.00 Å². The summed E-state index contributed by atoms with van der Waals surface area (Å²) >= 11 is 1.61. The second-order valence-corrected chi connectivity index (χ2v) is 5.55. The van der Waals surface area contributed by atoms with Crippen LogP contribution in [0, 0.1) is 0 Å². The molecule has 2 N–H and O–H groups in total. The van der Waals surface area contributed by atoms with Crippen LogP contribution in [-0.4, -0.2) is 18.7 Å². The Hall–Kier alpha value is -1.85. The number of carbonyl (C=O) groups is 1. The van der Waals surface area contributed by atoms with Gasteiger partial charge in [-0.15, -0.1) is 11.3 Å². The Labute approximate surface area is 121 Å². The third-order valence-electron chi connectivity index (χ3n) is 3.23. The highest BCUT2D eigenvalue weighted by atomic mass is 32.1. The molecular weight excluding hydrogens is 272 g/mol. The molecule has 0 fully saturated rings. The predicted molar refractivity (Wildman–Crippen MR) is 79.7 cm³/mol. The van der Waals surface area contributed by atoms with E-state index in [4.69, 9.17) is 4.74 Å². The van der Waals surface area contributed by atoms with Crippen molar-refractivity contribution in [2.24, 2.45) is 0 Å². The first-order chi connectivity index (χ1) is 9.83. The molecule has 1 aromatic carbocycles. The zero-order valence-corrected chi connectivity index (χ0v) is 11.8. The van der Waals surface area contributed by atoms with Gasteiger partial charge in [0.25, 0.3) is 0 Å². The Bertz CT molecular complexity index is 583. The van der Waals surface area contributed by atoms with Crippen molar-refractivity contribution < 1.29 is 9.53 Å². The van der Waals surface area contributed by atoms with Gasteiger partial charge in [-0.05, 0) is 17.0 Å². The lowest BCUT2D eigenvalue weighted by Gasteiger charge is -2.24. The summed E-state index contributed by atoms with van der Waals surface area (Å²) in [6.07, 6.45) is 0.292. The second kappa shape index (κ2) is 6.07. The van der Waals surface area contributed by atoms with Crippen molar-refractivity contribution in [3.63, 3.8) is 0 Å². The molecular formula is C15H16N2O2S. The van der Waals surface area contributed by atoms with E-state index in [0.29, 0.717) is 13.2 Å². The molecule has 1 aliphatic rings. The van der Waals surface area contributed by atoms with E-state index in [9.17, 15) is 4.79 Å². The molecule has 104 valence electrons. The van der Waals surface area contributed by atoms with Crippen LogP contribution in [0.2, 0.25) is 0 Å². The average molecular weight is 288 g/mol. The molecule has 1 aliphatic heterocycles. The first kappa shape index (κ1) is 13.1. The summed E-state index contributed by atoms with van der Waals surface area (Å²) in [6, 6.07) is 12.1. The van der Waals surface area contributed by atoms with Crippen LogP contribution in [-0.2, 0) is 22.5 Å². The summed E-state index contributed by atoms with van der Waals surface area (Å²) in [5, 5.41) is 9.36. The van der Waals surface area contributed by atoms with Gasteiger partial charge in [-0.3, -0.25) is 5.32 Å². The highest BCUT2D eigenvalue weighted by molar-refractivity contribution is 7.14. The van der Waals surface area contributed by atoms with E-state index >= 15 is 0 Å². The van der Waals surface area contributed by atoms with Crippen LogP contribution >= 0.6 is 11.3 Å². The van der Waals surface area contributed by atoms with Gasteiger partial charge in [0.2, 0.25) is 0 Å². The van der Waals surface area contributed by atoms with Crippen molar-refractivity contribution in [1.29, 1.82) is 0 Å². The Morgan fingerprint density at radius 1 is 1.30 bits per heavy atom. The van der Waals surface area contributed by atoms with E-state index in [2.05, 4.69) is 16.7 Å². The molecule has 0 amide bonds. The summed E-state index contributed by atoms with van der Waals surface area (Å²) in [7, 11) is 0. The van der Waals surface area contributed by atoms with E-state index < -0.39 is 6.17 Å².